The molecule has 1 aromatic heterocycles. The zero-order valence-corrected chi connectivity index (χ0v) is 19.7. The number of carbonyl (C=O) groups excluding carboxylic acids is 2. The van der Waals surface area contributed by atoms with Gasteiger partial charge in [0.05, 0.1) is 10.2 Å². The molecule has 3 aromatic rings. The highest BCUT2D eigenvalue weighted by Crippen LogP contribution is 2.28. The number of hydrogen-bond donors (Lipinski definition) is 3. The van der Waals surface area contributed by atoms with E-state index in [4.69, 9.17) is 12.2 Å². The zero-order valence-electron chi connectivity index (χ0n) is 18.0. The third-order valence-electron chi connectivity index (χ3n) is 4.61. The lowest BCUT2D eigenvalue weighted by Gasteiger charge is -2.19. The van der Waals surface area contributed by atoms with Crippen LogP contribution in [-0.4, -0.2) is 21.9 Å². The lowest BCUT2D eigenvalue weighted by molar-refractivity contribution is -0.116. The van der Waals surface area contributed by atoms with Crippen molar-refractivity contribution < 1.29 is 9.59 Å². The molecule has 162 valence electrons. The first-order valence-corrected chi connectivity index (χ1v) is 11.3. The third-order valence-corrected chi connectivity index (χ3v) is 5.75. The Hall–Kier alpha value is -2.84. The lowest BCUT2D eigenvalue weighted by atomic mass is 9.87. The Morgan fingerprint density at radius 2 is 1.77 bits per heavy atom. The SMILES string of the molecule is CCCC(=O)Nc1nc2ccc(NC(=S)NC(=O)c3ccc(C(C)(C)C)cc3)cc2s1. The summed E-state index contributed by atoms with van der Waals surface area (Å²) in [4.78, 5) is 28.7. The number of carbonyl (C=O) groups is 2. The number of fused-ring (bicyclic) bond motifs is 1. The molecule has 0 saturated heterocycles. The summed E-state index contributed by atoms with van der Waals surface area (Å²) in [5, 5.41) is 9.34. The van der Waals surface area contributed by atoms with E-state index in [9.17, 15) is 9.59 Å². The minimum Gasteiger partial charge on any atom is -0.332 e. The second-order valence-electron chi connectivity index (χ2n) is 8.24. The van der Waals surface area contributed by atoms with E-state index in [1.807, 2.05) is 37.3 Å². The van der Waals surface area contributed by atoms with Gasteiger partial charge in [0, 0.05) is 17.7 Å². The Bertz CT molecular complexity index is 1110. The molecule has 0 aliphatic heterocycles. The molecule has 0 bridgehead atoms. The number of aromatic nitrogens is 1. The second-order valence-corrected chi connectivity index (χ2v) is 9.67. The van der Waals surface area contributed by atoms with Crippen molar-refractivity contribution in [2.24, 2.45) is 0 Å². The van der Waals surface area contributed by atoms with Crippen molar-refractivity contribution in [1.29, 1.82) is 0 Å². The molecule has 3 rings (SSSR count). The summed E-state index contributed by atoms with van der Waals surface area (Å²) in [5.41, 5.74) is 3.25. The quantitative estimate of drug-likeness (QED) is 0.446. The first kappa shape index (κ1) is 22.8. The average Bonchev–Trinajstić information content (AvgIpc) is 3.08. The van der Waals surface area contributed by atoms with E-state index in [0.717, 1.165) is 27.9 Å². The van der Waals surface area contributed by atoms with Crippen LogP contribution in [0.4, 0.5) is 10.8 Å². The number of hydrogen-bond acceptors (Lipinski definition) is 5. The molecule has 0 atom stereocenters. The number of amides is 2. The molecule has 0 fully saturated rings. The molecule has 3 N–H and O–H groups in total. The van der Waals surface area contributed by atoms with E-state index in [0.29, 0.717) is 17.1 Å². The van der Waals surface area contributed by atoms with E-state index in [1.165, 1.54) is 11.3 Å². The average molecular weight is 455 g/mol. The summed E-state index contributed by atoms with van der Waals surface area (Å²) in [6, 6.07) is 13.1. The molecular formula is C23H26N4O2S2. The maximum absolute atomic E-state index is 12.5. The zero-order chi connectivity index (χ0) is 22.6. The summed E-state index contributed by atoms with van der Waals surface area (Å²) < 4.78 is 0.906. The van der Waals surface area contributed by atoms with Gasteiger partial charge < -0.3 is 10.6 Å². The van der Waals surface area contributed by atoms with Crippen LogP contribution in [0.2, 0.25) is 0 Å². The van der Waals surface area contributed by atoms with Gasteiger partial charge in [0.25, 0.3) is 5.91 Å². The molecule has 6 nitrogen and oxygen atoms in total. The smallest absolute Gasteiger partial charge is 0.257 e. The van der Waals surface area contributed by atoms with Gasteiger partial charge in [0.1, 0.15) is 0 Å². The largest absolute Gasteiger partial charge is 0.332 e. The maximum atomic E-state index is 12.5. The van der Waals surface area contributed by atoms with Crippen LogP contribution in [0, 0.1) is 0 Å². The van der Waals surface area contributed by atoms with E-state index < -0.39 is 0 Å². The molecule has 2 amide bonds. The number of anilines is 2. The normalized spacial score (nSPS) is 11.2. The first-order valence-electron chi connectivity index (χ1n) is 10.1. The van der Waals surface area contributed by atoms with Gasteiger partial charge in [-0.3, -0.25) is 14.9 Å². The summed E-state index contributed by atoms with van der Waals surface area (Å²) in [7, 11) is 0. The predicted octanol–water partition coefficient (Wildman–Crippen LogP) is 5.46. The van der Waals surface area contributed by atoms with E-state index in [2.05, 4.69) is 41.7 Å². The Kier molecular flexibility index (Phi) is 7.02. The van der Waals surface area contributed by atoms with Gasteiger partial charge in [-0.05, 0) is 59.9 Å². The highest BCUT2D eigenvalue weighted by Gasteiger charge is 2.15. The van der Waals surface area contributed by atoms with Crippen LogP contribution in [0.5, 0.6) is 0 Å². The van der Waals surface area contributed by atoms with Crippen molar-refractivity contribution in [3.8, 4) is 0 Å². The number of nitrogens with one attached hydrogen (secondary N) is 3. The number of benzene rings is 2. The van der Waals surface area contributed by atoms with Crippen LogP contribution in [0.15, 0.2) is 42.5 Å². The van der Waals surface area contributed by atoms with E-state index in [1.54, 1.807) is 12.1 Å². The molecule has 2 aromatic carbocycles. The summed E-state index contributed by atoms with van der Waals surface area (Å²) in [6.45, 7) is 8.34. The molecule has 0 unspecified atom stereocenters. The Morgan fingerprint density at radius 1 is 1.06 bits per heavy atom. The van der Waals surface area contributed by atoms with Crippen molar-refractivity contribution in [1.82, 2.24) is 10.3 Å². The molecule has 0 aliphatic rings. The topological polar surface area (TPSA) is 83.1 Å². The fourth-order valence-corrected chi connectivity index (χ4v) is 4.06. The van der Waals surface area contributed by atoms with E-state index >= 15 is 0 Å². The molecular weight excluding hydrogens is 428 g/mol. The Labute approximate surface area is 191 Å². The van der Waals surface area contributed by atoms with Crippen LogP contribution in [0.25, 0.3) is 10.2 Å². The van der Waals surface area contributed by atoms with Gasteiger partial charge in [-0.25, -0.2) is 4.98 Å². The summed E-state index contributed by atoms with van der Waals surface area (Å²) in [5.74, 6) is -0.308. The van der Waals surface area contributed by atoms with Crippen LogP contribution in [0.1, 0.15) is 56.5 Å². The number of thiazole rings is 1. The molecule has 31 heavy (non-hydrogen) atoms. The van der Waals surface area contributed by atoms with Gasteiger partial charge in [0.2, 0.25) is 5.91 Å². The molecule has 8 heteroatoms. The predicted molar refractivity (Wildman–Crippen MR) is 132 cm³/mol. The standard InChI is InChI=1S/C23H26N4O2S2/c1-5-6-19(28)26-22-25-17-12-11-16(13-18(17)31-22)24-21(30)27-20(29)14-7-9-15(10-8-14)23(2,3)4/h7-13H,5-6H2,1-4H3,(H,25,26,28)(H2,24,27,29,30). The van der Waals surface area contributed by atoms with Crippen LogP contribution >= 0.6 is 23.6 Å². The van der Waals surface area contributed by atoms with Crippen LogP contribution < -0.4 is 16.0 Å². The van der Waals surface area contributed by atoms with Crippen molar-refractivity contribution >= 4 is 61.5 Å². The van der Waals surface area contributed by atoms with E-state index in [-0.39, 0.29) is 22.3 Å². The molecule has 0 radical (unpaired) electrons. The Balaban J connectivity index is 1.63. The lowest BCUT2D eigenvalue weighted by Crippen LogP contribution is -2.34. The summed E-state index contributed by atoms with van der Waals surface area (Å²) >= 11 is 6.69. The highest BCUT2D eigenvalue weighted by atomic mass is 32.1. The summed E-state index contributed by atoms with van der Waals surface area (Å²) in [6.07, 6.45) is 1.25. The molecule has 0 spiro atoms. The fourth-order valence-electron chi connectivity index (χ4n) is 2.92. The Morgan fingerprint density at radius 3 is 2.42 bits per heavy atom. The minimum atomic E-state index is -0.266. The van der Waals surface area contributed by atoms with Crippen molar-refractivity contribution in [3.63, 3.8) is 0 Å². The van der Waals surface area contributed by atoms with Gasteiger partial charge in [-0.15, -0.1) is 0 Å². The minimum absolute atomic E-state index is 0.0276. The van der Waals surface area contributed by atoms with Gasteiger partial charge in [0.15, 0.2) is 10.2 Å². The van der Waals surface area contributed by atoms with Gasteiger partial charge >= 0.3 is 0 Å². The van der Waals surface area contributed by atoms with Crippen molar-refractivity contribution in [2.75, 3.05) is 10.6 Å². The number of thiocarbonyl (C=S) groups is 1. The van der Waals surface area contributed by atoms with Gasteiger partial charge in [-0.2, -0.15) is 0 Å². The molecule has 1 heterocycles. The second kappa shape index (κ2) is 9.53. The van der Waals surface area contributed by atoms with Crippen molar-refractivity contribution in [3.05, 3.63) is 53.6 Å². The highest BCUT2D eigenvalue weighted by molar-refractivity contribution is 7.80. The fraction of sp³-hybridized carbons (Fsp3) is 0.304. The van der Waals surface area contributed by atoms with Crippen LogP contribution in [-0.2, 0) is 10.2 Å². The van der Waals surface area contributed by atoms with Crippen LogP contribution in [0.3, 0.4) is 0 Å². The first-order chi connectivity index (χ1) is 14.7. The maximum Gasteiger partial charge on any atom is 0.257 e. The monoisotopic (exact) mass is 454 g/mol. The van der Waals surface area contributed by atoms with Crippen molar-refractivity contribution in [2.45, 2.75) is 46.0 Å². The number of rotatable bonds is 5. The number of nitrogens with zero attached hydrogens (tertiary/aromatic N) is 1. The molecule has 0 aliphatic carbocycles. The molecule has 0 saturated carbocycles. The van der Waals surface area contributed by atoms with Gasteiger partial charge in [-0.1, -0.05) is 51.2 Å². The third kappa shape index (κ3) is 6.08.